The summed E-state index contributed by atoms with van der Waals surface area (Å²) in [5.41, 5.74) is 1.77. The van der Waals surface area contributed by atoms with Crippen LogP contribution in [0.3, 0.4) is 0 Å². The van der Waals surface area contributed by atoms with Gasteiger partial charge < -0.3 is 5.11 Å². The summed E-state index contributed by atoms with van der Waals surface area (Å²) in [5.74, 6) is 0. The average molecular weight is 240 g/mol. The summed E-state index contributed by atoms with van der Waals surface area (Å²) in [6.45, 7) is 1.91. The summed E-state index contributed by atoms with van der Waals surface area (Å²) in [7, 11) is 0. The maximum absolute atomic E-state index is 10.0. The van der Waals surface area contributed by atoms with Crippen LogP contribution in [0.1, 0.15) is 22.2 Å². The van der Waals surface area contributed by atoms with E-state index in [2.05, 4.69) is 4.37 Å². The van der Waals surface area contributed by atoms with E-state index in [0.717, 1.165) is 16.1 Å². The van der Waals surface area contributed by atoms with Crippen LogP contribution in [0.4, 0.5) is 0 Å². The average Bonchev–Trinajstić information content (AvgIpc) is 2.65. The van der Waals surface area contributed by atoms with Crippen molar-refractivity contribution in [2.24, 2.45) is 0 Å². The second kappa shape index (κ2) is 4.31. The highest BCUT2D eigenvalue weighted by molar-refractivity contribution is 7.05. The Bertz CT molecular complexity index is 452. The van der Waals surface area contributed by atoms with Gasteiger partial charge >= 0.3 is 0 Å². The molecule has 0 saturated carbocycles. The molecular formula is C11H10ClNOS. The summed E-state index contributed by atoms with van der Waals surface area (Å²) >= 11 is 7.10. The first kappa shape index (κ1) is 10.6. The first-order valence-electron chi connectivity index (χ1n) is 4.53. The zero-order valence-electron chi connectivity index (χ0n) is 8.14. The zero-order valence-corrected chi connectivity index (χ0v) is 9.72. The Balaban J connectivity index is 2.28. The number of halogens is 1. The quantitative estimate of drug-likeness (QED) is 0.873. The van der Waals surface area contributed by atoms with E-state index in [9.17, 15) is 5.11 Å². The molecule has 15 heavy (non-hydrogen) atoms. The molecule has 0 saturated heterocycles. The van der Waals surface area contributed by atoms with Crippen molar-refractivity contribution in [3.8, 4) is 0 Å². The minimum atomic E-state index is -0.603. The number of hydrogen-bond donors (Lipinski definition) is 1. The van der Waals surface area contributed by atoms with Crippen molar-refractivity contribution in [3.63, 3.8) is 0 Å². The molecule has 0 amide bonds. The molecule has 4 heteroatoms. The summed E-state index contributed by atoms with van der Waals surface area (Å²) < 4.78 is 4.14. The van der Waals surface area contributed by atoms with Gasteiger partial charge in [0, 0.05) is 5.02 Å². The van der Waals surface area contributed by atoms with Crippen LogP contribution in [0.5, 0.6) is 0 Å². The number of aromatic nitrogens is 1. The van der Waals surface area contributed by atoms with E-state index in [1.54, 1.807) is 12.1 Å². The van der Waals surface area contributed by atoms with Crippen LogP contribution in [0.25, 0.3) is 0 Å². The van der Waals surface area contributed by atoms with Crippen molar-refractivity contribution in [2.75, 3.05) is 0 Å². The molecule has 0 radical (unpaired) electrons. The van der Waals surface area contributed by atoms with E-state index in [1.165, 1.54) is 11.5 Å². The zero-order chi connectivity index (χ0) is 10.8. The fourth-order valence-electron chi connectivity index (χ4n) is 1.32. The molecule has 1 aromatic heterocycles. The van der Waals surface area contributed by atoms with Gasteiger partial charge in [0.05, 0.1) is 10.6 Å². The maximum atomic E-state index is 10.0. The Morgan fingerprint density at radius 2 is 2.00 bits per heavy atom. The fourth-order valence-corrected chi connectivity index (χ4v) is 2.21. The highest BCUT2D eigenvalue weighted by Gasteiger charge is 2.12. The topological polar surface area (TPSA) is 33.1 Å². The lowest BCUT2D eigenvalue weighted by molar-refractivity contribution is 0.224. The lowest BCUT2D eigenvalue weighted by Crippen LogP contribution is -1.96. The van der Waals surface area contributed by atoms with Gasteiger partial charge in [0.1, 0.15) is 6.10 Å². The van der Waals surface area contributed by atoms with Gasteiger partial charge in [-0.25, -0.2) is 0 Å². The lowest BCUT2D eigenvalue weighted by Gasteiger charge is -2.07. The van der Waals surface area contributed by atoms with E-state index >= 15 is 0 Å². The molecule has 78 valence electrons. The Labute approximate surface area is 97.3 Å². The normalized spacial score (nSPS) is 12.7. The van der Waals surface area contributed by atoms with E-state index in [0.29, 0.717) is 5.02 Å². The van der Waals surface area contributed by atoms with Gasteiger partial charge in [-0.3, -0.25) is 0 Å². The highest BCUT2D eigenvalue weighted by Crippen LogP contribution is 2.26. The smallest absolute Gasteiger partial charge is 0.115 e. The van der Waals surface area contributed by atoms with Gasteiger partial charge in [0.2, 0.25) is 0 Å². The molecule has 1 aromatic carbocycles. The predicted molar refractivity (Wildman–Crippen MR) is 62.4 cm³/mol. The fraction of sp³-hybridized carbons (Fsp3) is 0.182. The van der Waals surface area contributed by atoms with Crippen LogP contribution in [0.15, 0.2) is 30.3 Å². The van der Waals surface area contributed by atoms with Crippen molar-refractivity contribution in [1.82, 2.24) is 4.37 Å². The maximum Gasteiger partial charge on any atom is 0.115 e. The monoisotopic (exact) mass is 239 g/mol. The van der Waals surface area contributed by atoms with Gasteiger partial charge in [0.15, 0.2) is 0 Å². The van der Waals surface area contributed by atoms with Gasteiger partial charge in [-0.05, 0) is 42.2 Å². The second-order valence-corrected chi connectivity index (χ2v) is 4.60. The van der Waals surface area contributed by atoms with Gasteiger partial charge in [-0.2, -0.15) is 4.37 Å². The molecule has 0 fully saturated rings. The van der Waals surface area contributed by atoms with E-state index in [-0.39, 0.29) is 0 Å². The Kier molecular flexibility index (Phi) is 3.05. The molecule has 1 atom stereocenters. The summed E-state index contributed by atoms with van der Waals surface area (Å²) in [6, 6.07) is 9.08. The van der Waals surface area contributed by atoms with Crippen molar-refractivity contribution >= 4 is 23.1 Å². The second-order valence-electron chi connectivity index (χ2n) is 3.32. The number of hydrogen-bond acceptors (Lipinski definition) is 3. The predicted octanol–water partition coefficient (Wildman–Crippen LogP) is 3.19. The number of aliphatic hydroxyl groups excluding tert-OH is 1. The minimum absolute atomic E-state index is 0.603. The van der Waals surface area contributed by atoms with E-state index < -0.39 is 6.10 Å². The number of rotatable bonds is 2. The minimum Gasteiger partial charge on any atom is -0.383 e. The summed E-state index contributed by atoms with van der Waals surface area (Å²) in [4.78, 5) is 0.856. The van der Waals surface area contributed by atoms with Crippen molar-refractivity contribution in [3.05, 3.63) is 51.5 Å². The molecule has 2 nitrogen and oxygen atoms in total. The first-order valence-corrected chi connectivity index (χ1v) is 5.68. The van der Waals surface area contributed by atoms with Crippen LogP contribution in [-0.2, 0) is 0 Å². The Hall–Kier alpha value is -0.900. The number of nitrogens with zero attached hydrogens (tertiary/aromatic N) is 1. The third-order valence-corrected chi connectivity index (χ3v) is 3.28. The Morgan fingerprint density at radius 3 is 2.53 bits per heavy atom. The Morgan fingerprint density at radius 1 is 1.33 bits per heavy atom. The van der Waals surface area contributed by atoms with Crippen LogP contribution >= 0.6 is 23.1 Å². The lowest BCUT2D eigenvalue weighted by atomic mass is 10.1. The van der Waals surface area contributed by atoms with Gasteiger partial charge in [0.25, 0.3) is 0 Å². The van der Waals surface area contributed by atoms with Crippen LogP contribution in [-0.4, -0.2) is 9.48 Å². The molecular weight excluding hydrogens is 230 g/mol. The molecule has 0 bridgehead atoms. The number of aryl methyl sites for hydroxylation is 1. The molecule has 1 unspecified atom stereocenters. The van der Waals surface area contributed by atoms with E-state index in [4.69, 9.17) is 11.6 Å². The number of benzene rings is 1. The first-order chi connectivity index (χ1) is 7.16. The molecule has 1 N–H and O–H groups in total. The van der Waals surface area contributed by atoms with Gasteiger partial charge in [-0.1, -0.05) is 23.7 Å². The molecule has 0 aliphatic rings. The third-order valence-electron chi connectivity index (χ3n) is 2.10. The SMILES string of the molecule is Cc1cc(C(O)c2ccc(Cl)cc2)sn1. The molecule has 0 aliphatic carbocycles. The van der Waals surface area contributed by atoms with Gasteiger partial charge in [-0.15, -0.1) is 0 Å². The standard InChI is InChI=1S/C11H10ClNOS/c1-7-6-10(15-13-7)11(14)8-2-4-9(12)5-3-8/h2-6,11,14H,1H3. The molecule has 2 rings (SSSR count). The van der Waals surface area contributed by atoms with E-state index in [1.807, 2.05) is 25.1 Å². The third kappa shape index (κ3) is 2.37. The molecule has 1 heterocycles. The van der Waals surface area contributed by atoms with Crippen LogP contribution in [0, 0.1) is 6.92 Å². The largest absolute Gasteiger partial charge is 0.383 e. The van der Waals surface area contributed by atoms with Crippen molar-refractivity contribution < 1.29 is 5.11 Å². The molecule has 0 spiro atoms. The molecule has 2 aromatic rings. The van der Waals surface area contributed by atoms with Crippen molar-refractivity contribution in [2.45, 2.75) is 13.0 Å². The van der Waals surface area contributed by atoms with Crippen molar-refractivity contribution in [1.29, 1.82) is 0 Å². The summed E-state index contributed by atoms with van der Waals surface area (Å²) in [5, 5.41) is 10.7. The molecule has 0 aliphatic heterocycles. The highest BCUT2D eigenvalue weighted by atomic mass is 35.5. The number of aliphatic hydroxyl groups is 1. The van der Waals surface area contributed by atoms with Crippen LogP contribution < -0.4 is 0 Å². The summed E-state index contributed by atoms with van der Waals surface area (Å²) in [6.07, 6.45) is -0.603. The van der Waals surface area contributed by atoms with Crippen LogP contribution in [0.2, 0.25) is 5.02 Å².